The van der Waals surface area contributed by atoms with Crippen molar-refractivity contribution in [2.75, 3.05) is 13.2 Å². The number of nitrogens with zero attached hydrogens (tertiary/aromatic N) is 1. The van der Waals surface area contributed by atoms with Gasteiger partial charge in [0, 0.05) is 25.3 Å². The van der Waals surface area contributed by atoms with E-state index in [2.05, 4.69) is 5.32 Å². The van der Waals surface area contributed by atoms with E-state index in [1.807, 2.05) is 31.2 Å². The van der Waals surface area contributed by atoms with Crippen LogP contribution in [0.25, 0.3) is 0 Å². The molecule has 2 aromatic carbocycles. The maximum Gasteiger partial charge on any atom is 0.326 e. The second-order valence-corrected chi connectivity index (χ2v) is 11.5. The molecule has 3 rings (SSSR count). The molecule has 2 aromatic rings. The van der Waals surface area contributed by atoms with E-state index in [0.29, 0.717) is 31.8 Å². The highest BCUT2D eigenvalue weighted by Gasteiger charge is 2.40. The molecule has 1 heterocycles. The number of amides is 1. The zero-order valence-electron chi connectivity index (χ0n) is 21.8. The smallest absolute Gasteiger partial charge is 0.326 e. The van der Waals surface area contributed by atoms with Gasteiger partial charge in [-0.3, -0.25) is 4.79 Å². The maximum atomic E-state index is 13.1. The Bertz CT molecular complexity index is 1180. The number of sulfonamides is 1. The van der Waals surface area contributed by atoms with Gasteiger partial charge in [-0.15, -0.1) is 0 Å². The summed E-state index contributed by atoms with van der Waals surface area (Å²) in [6, 6.07) is 13.2. The number of ether oxygens (including phenoxy) is 1. The summed E-state index contributed by atoms with van der Waals surface area (Å²) >= 11 is 0. The second-order valence-electron chi connectivity index (χ2n) is 9.65. The van der Waals surface area contributed by atoms with Crippen molar-refractivity contribution < 1.29 is 27.9 Å². The summed E-state index contributed by atoms with van der Waals surface area (Å²) in [4.78, 5) is 25.1. The van der Waals surface area contributed by atoms with Crippen LogP contribution in [-0.2, 0) is 37.4 Å². The molecule has 9 nitrogen and oxygen atoms in total. The molecule has 1 amide bonds. The molecular weight excluding hydrogens is 506 g/mol. The number of benzene rings is 2. The number of unbranched alkanes of at least 4 members (excludes halogenated alkanes) is 2. The monoisotopic (exact) mass is 543 g/mol. The molecule has 206 valence electrons. The molecule has 10 heteroatoms. The molecule has 0 radical (unpaired) electrons. The van der Waals surface area contributed by atoms with Crippen molar-refractivity contribution in [2.24, 2.45) is 0 Å². The van der Waals surface area contributed by atoms with Gasteiger partial charge in [-0.25, -0.2) is 13.2 Å². The van der Waals surface area contributed by atoms with Gasteiger partial charge in [-0.2, -0.15) is 4.31 Å². The minimum Gasteiger partial charge on any atom is -0.480 e. The molecule has 0 aromatic heterocycles. The van der Waals surface area contributed by atoms with Gasteiger partial charge in [0.1, 0.15) is 12.1 Å². The number of carbonyl (C=O) groups is 2. The molecule has 0 bridgehead atoms. The van der Waals surface area contributed by atoms with Crippen molar-refractivity contribution in [2.45, 2.75) is 75.5 Å². The number of carboxylic acids is 1. The first-order valence-corrected chi connectivity index (χ1v) is 14.4. The fraction of sp³-hybridized carbons (Fsp3) is 0.464. The average molecular weight is 544 g/mol. The molecule has 1 aliphatic heterocycles. The fourth-order valence-electron chi connectivity index (χ4n) is 4.45. The highest BCUT2D eigenvalue weighted by atomic mass is 32.2. The summed E-state index contributed by atoms with van der Waals surface area (Å²) in [6.45, 7) is 3.12. The lowest BCUT2D eigenvalue weighted by molar-refractivity contribution is -0.142. The fourth-order valence-corrected chi connectivity index (χ4v) is 6.13. The predicted octanol–water partition coefficient (Wildman–Crippen LogP) is 3.77. The van der Waals surface area contributed by atoms with Crippen molar-refractivity contribution in [1.82, 2.24) is 9.62 Å². The van der Waals surface area contributed by atoms with Gasteiger partial charge < -0.3 is 20.6 Å². The lowest BCUT2D eigenvalue weighted by Gasteiger charge is -2.25. The van der Waals surface area contributed by atoms with Crippen molar-refractivity contribution in [1.29, 1.82) is 5.41 Å². The number of aliphatic carboxylic acids is 1. The Kier molecular flexibility index (Phi) is 11.0. The van der Waals surface area contributed by atoms with Crippen LogP contribution in [-0.4, -0.2) is 60.7 Å². The quantitative estimate of drug-likeness (QED) is 0.231. The predicted molar refractivity (Wildman–Crippen MR) is 145 cm³/mol. The van der Waals surface area contributed by atoms with E-state index < -0.39 is 34.0 Å². The number of carboxylic acid groups (broad SMARTS) is 1. The number of carbonyl (C=O) groups excluding carboxylic acids is 1. The van der Waals surface area contributed by atoms with Crippen LogP contribution in [0, 0.1) is 5.41 Å². The minimum absolute atomic E-state index is 0.0762. The molecule has 38 heavy (non-hydrogen) atoms. The van der Waals surface area contributed by atoms with Crippen LogP contribution in [0.1, 0.15) is 56.6 Å². The molecule has 1 aliphatic rings. The Balaban J connectivity index is 1.52. The van der Waals surface area contributed by atoms with Crippen LogP contribution >= 0.6 is 0 Å². The highest BCUT2D eigenvalue weighted by molar-refractivity contribution is 7.89. The molecule has 0 spiro atoms. The molecule has 2 atom stereocenters. The van der Waals surface area contributed by atoms with E-state index in [9.17, 15) is 23.1 Å². The molecule has 1 fully saturated rings. The summed E-state index contributed by atoms with van der Waals surface area (Å²) < 4.78 is 33.0. The van der Waals surface area contributed by atoms with Gasteiger partial charge in [0.15, 0.2) is 0 Å². The Morgan fingerprint density at radius 3 is 2.42 bits per heavy atom. The van der Waals surface area contributed by atoms with Crippen LogP contribution in [0.3, 0.4) is 0 Å². The normalized spacial score (nSPS) is 16.7. The van der Waals surface area contributed by atoms with E-state index in [1.54, 1.807) is 18.2 Å². The zero-order chi connectivity index (χ0) is 27.5. The van der Waals surface area contributed by atoms with Gasteiger partial charge in [-0.05, 0) is 62.3 Å². The van der Waals surface area contributed by atoms with Crippen LogP contribution in [0.2, 0.25) is 0 Å². The first-order chi connectivity index (χ1) is 18.2. The van der Waals surface area contributed by atoms with Crippen LogP contribution in [0.5, 0.6) is 0 Å². The summed E-state index contributed by atoms with van der Waals surface area (Å²) in [6.07, 6.45) is 4.72. The number of hydrogen-bond acceptors (Lipinski definition) is 6. The van der Waals surface area contributed by atoms with Gasteiger partial charge in [-0.1, -0.05) is 48.9 Å². The largest absolute Gasteiger partial charge is 0.480 e. The van der Waals surface area contributed by atoms with Crippen molar-refractivity contribution in [3.05, 3.63) is 65.7 Å². The molecule has 1 saturated heterocycles. The molecular formula is C28H37N3O6S. The lowest BCUT2D eigenvalue weighted by Crippen LogP contribution is -2.51. The van der Waals surface area contributed by atoms with Crippen molar-refractivity contribution in [3.63, 3.8) is 0 Å². The first kappa shape index (κ1) is 29.5. The zero-order valence-corrected chi connectivity index (χ0v) is 22.6. The third-order valence-electron chi connectivity index (χ3n) is 6.54. The summed E-state index contributed by atoms with van der Waals surface area (Å²) in [5.41, 5.74) is 2.41. The summed E-state index contributed by atoms with van der Waals surface area (Å²) in [5.74, 6) is -1.78. The topological polar surface area (TPSA) is 137 Å². The third kappa shape index (κ3) is 8.47. The van der Waals surface area contributed by atoms with Crippen LogP contribution in [0.15, 0.2) is 59.5 Å². The van der Waals surface area contributed by atoms with Gasteiger partial charge >= 0.3 is 5.97 Å². The van der Waals surface area contributed by atoms with E-state index in [4.69, 9.17) is 10.1 Å². The van der Waals surface area contributed by atoms with Gasteiger partial charge in [0.2, 0.25) is 15.9 Å². The van der Waals surface area contributed by atoms with E-state index in [0.717, 1.165) is 36.8 Å². The highest BCUT2D eigenvalue weighted by Crippen LogP contribution is 2.26. The molecule has 0 unspecified atom stereocenters. The Hall–Kier alpha value is -3.08. The Morgan fingerprint density at radius 1 is 1.08 bits per heavy atom. The number of nitrogens with one attached hydrogen (secondary N) is 2. The van der Waals surface area contributed by atoms with E-state index >= 15 is 0 Å². The van der Waals surface area contributed by atoms with E-state index in [1.165, 1.54) is 16.4 Å². The number of hydrogen-bond donors (Lipinski definition) is 3. The molecule has 3 N–H and O–H groups in total. The summed E-state index contributed by atoms with van der Waals surface area (Å²) in [5, 5.41) is 19.7. The van der Waals surface area contributed by atoms with Crippen molar-refractivity contribution in [3.8, 4) is 0 Å². The average Bonchev–Trinajstić information content (AvgIpc) is 3.40. The molecule has 0 saturated carbocycles. The minimum atomic E-state index is -3.87. The molecule has 0 aliphatic carbocycles. The van der Waals surface area contributed by atoms with Gasteiger partial charge in [0.25, 0.3) is 0 Å². The Morgan fingerprint density at radius 2 is 1.76 bits per heavy atom. The number of rotatable bonds is 15. The third-order valence-corrected chi connectivity index (χ3v) is 8.47. The first-order valence-electron chi connectivity index (χ1n) is 13.0. The standard InChI is InChI=1S/C28H37N3O6S/c1-21(29)9-4-3-7-18-37-20-23-15-13-22(14-16-23)19-25(28(33)34)30-27(32)26-12-8-17-31(26)38(35,36)24-10-5-2-6-11-24/h2,5-6,10-11,13-16,25-26,29H,3-4,7-9,12,17-20H2,1H3,(H,30,32)(H,33,34)/t25-,26-/m0/s1. The second kappa shape index (κ2) is 14.2. The van der Waals surface area contributed by atoms with Crippen LogP contribution in [0.4, 0.5) is 0 Å². The SMILES string of the molecule is CC(=N)CCCCCOCc1ccc(C[C@H](NC(=O)[C@@H]2CCCN2S(=O)(=O)c2ccccc2)C(=O)O)cc1. The summed E-state index contributed by atoms with van der Waals surface area (Å²) in [7, 11) is -3.87. The Labute approximate surface area is 224 Å². The van der Waals surface area contributed by atoms with E-state index in [-0.39, 0.29) is 17.9 Å². The van der Waals surface area contributed by atoms with Crippen LogP contribution < -0.4 is 5.32 Å². The maximum absolute atomic E-state index is 13.1. The lowest BCUT2D eigenvalue weighted by atomic mass is 10.0. The van der Waals surface area contributed by atoms with Gasteiger partial charge in [0.05, 0.1) is 11.5 Å². The van der Waals surface area contributed by atoms with Crippen molar-refractivity contribution >= 4 is 27.6 Å².